The zero-order valence-corrected chi connectivity index (χ0v) is 10.8. The number of hydrogen-bond acceptors (Lipinski definition) is 2. The highest BCUT2D eigenvalue weighted by molar-refractivity contribution is 5.95. The molecular weight excluding hydrogens is 214 g/mol. The average molecular weight is 235 g/mol. The highest BCUT2D eigenvalue weighted by Crippen LogP contribution is 2.18. The normalized spacial score (nSPS) is 10.6. The molecule has 0 fully saturated rings. The van der Waals surface area contributed by atoms with E-state index in [0.29, 0.717) is 18.9 Å². The summed E-state index contributed by atoms with van der Waals surface area (Å²) < 4.78 is 0. The van der Waals surface area contributed by atoms with Gasteiger partial charge in [-0.1, -0.05) is 26.0 Å². The summed E-state index contributed by atoms with van der Waals surface area (Å²) >= 11 is 0. The van der Waals surface area contributed by atoms with Gasteiger partial charge in [0.15, 0.2) is 0 Å². The molecule has 0 aromatic heterocycles. The van der Waals surface area contributed by atoms with Gasteiger partial charge < -0.3 is 10.4 Å². The van der Waals surface area contributed by atoms with Crippen LogP contribution in [0.15, 0.2) is 18.2 Å². The molecule has 1 aromatic rings. The van der Waals surface area contributed by atoms with Gasteiger partial charge in [0.25, 0.3) is 5.91 Å². The third-order valence-electron chi connectivity index (χ3n) is 2.79. The number of carbonyl (C=O) groups is 1. The molecule has 0 spiro atoms. The maximum Gasteiger partial charge on any atom is 0.251 e. The van der Waals surface area contributed by atoms with Crippen molar-refractivity contribution in [2.75, 3.05) is 13.2 Å². The second kappa shape index (κ2) is 6.40. The van der Waals surface area contributed by atoms with Gasteiger partial charge in [0.2, 0.25) is 0 Å². The Morgan fingerprint density at radius 1 is 1.41 bits per heavy atom. The van der Waals surface area contributed by atoms with Crippen molar-refractivity contribution in [2.45, 2.75) is 33.1 Å². The lowest BCUT2D eigenvalue weighted by Gasteiger charge is -2.11. The first-order valence-corrected chi connectivity index (χ1v) is 6.06. The van der Waals surface area contributed by atoms with E-state index in [1.807, 2.05) is 19.1 Å². The summed E-state index contributed by atoms with van der Waals surface area (Å²) in [4.78, 5) is 11.9. The van der Waals surface area contributed by atoms with Crippen LogP contribution in [0.1, 0.15) is 47.7 Å². The van der Waals surface area contributed by atoms with Crippen LogP contribution in [0.4, 0.5) is 0 Å². The van der Waals surface area contributed by atoms with Crippen LogP contribution < -0.4 is 5.32 Å². The number of amides is 1. The summed E-state index contributed by atoms with van der Waals surface area (Å²) in [5.74, 6) is 0.359. The van der Waals surface area contributed by atoms with E-state index in [-0.39, 0.29) is 12.5 Å². The Balaban J connectivity index is 2.81. The smallest absolute Gasteiger partial charge is 0.251 e. The van der Waals surface area contributed by atoms with Gasteiger partial charge in [0, 0.05) is 18.7 Å². The monoisotopic (exact) mass is 235 g/mol. The molecule has 1 rings (SSSR count). The molecule has 0 atom stereocenters. The zero-order valence-electron chi connectivity index (χ0n) is 10.8. The number of carbonyl (C=O) groups excluding carboxylic acids is 1. The van der Waals surface area contributed by atoms with Crippen molar-refractivity contribution in [3.8, 4) is 0 Å². The van der Waals surface area contributed by atoms with Crippen LogP contribution in [-0.4, -0.2) is 24.2 Å². The Labute approximate surface area is 103 Å². The number of rotatable bonds is 5. The molecule has 2 N–H and O–H groups in total. The topological polar surface area (TPSA) is 49.3 Å². The lowest BCUT2D eigenvalue weighted by Crippen LogP contribution is -2.25. The number of aliphatic hydroxyl groups is 1. The van der Waals surface area contributed by atoms with Gasteiger partial charge >= 0.3 is 0 Å². The molecule has 1 aromatic carbocycles. The second-order valence-corrected chi connectivity index (χ2v) is 4.56. The van der Waals surface area contributed by atoms with E-state index in [1.165, 1.54) is 5.56 Å². The third-order valence-corrected chi connectivity index (χ3v) is 2.79. The molecule has 3 nitrogen and oxygen atoms in total. The largest absolute Gasteiger partial charge is 0.396 e. The van der Waals surface area contributed by atoms with Crippen molar-refractivity contribution in [3.05, 3.63) is 34.9 Å². The Morgan fingerprint density at radius 2 is 2.12 bits per heavy atom. The summed E-state index contributed by atoms with van der Waals surface area (Å²) in [5, 5.41) is 11.5. The molecule has 3 heteroatoms. The first-order valence-electron chi connectivity index (χ1n) is 6.06. The Hall–Kier alpha value is -1.35. The highest BCUT2D eigenvalue weighted by atomic mass is 16.3. The van der Waals surface area contributed by atoms with E-state index in [0.717, 1.165) is 11.1 Å². The van der Waals surface area contributed by atoms with E-state index >= 15 is 0 Å². The quantitative estimate of drug-likeness (QED) is 0.769. The zero-order chi connectivity index (χ0) is 12.8. The molecule has 0 radical (unpaired) electrons. The SMILES string of the molecule is Cc1ccc(C(C)C)cc1C(=O)NCCCO. The molecule has 0 heterocycles. The number of aliphatic hydroxyl groups excluding tert-OH is 1. The van der Waals surface area contributed by atoms with Gasteiger partial charge in [-0.2, -0.15) is 0 Å². The van der Waals surface area contributed by atoms with Crippen LogP contribution in [0.2, 0.25) is 0 Å². The van der Waals surface area contributed by atoms with Gasteiger partial charge in [-0.15, -0.1) is 0 Å². The minimum Gasteiger partial charge on any atom is -0.396 e. The minimum absolute atomic E-state index is 0.0570. The van der Waals surface area contributed by atoms with Crippen LogP contribution in [0.3, 0.4) is 0 Å². The molecular formula is C14H21NO2. The van der Waals surface area contributed by atoms with E-state index in [1.54, 1.807) is 0 Å². The summed E-state index contributed by atoms with van der Waals surface area (Å²) in [7, 11) is 0. The Kier molecular flexibility index (Phi) is 5.16. The number of nitrogens with one attached hydrogen (secondary N) is 1. The van der Waals surface area contributed by atoms with E-state index in [9.17, 15) is 4.79 Å². The number of hydrogen-bond donors (Lipinski definition) is 2. The predicted molar refractivity (Wildman–Crippen MR) is 69.3 cm³/mol. The average Bonchev–Trinajstić information content (AvgIpc) is 2.29. The lowest BCUT2D eigenvalue weighted by atomic mass is 9.97. The molecule has 0 saturated carbocycles. The third kappa shape index (κ3) is 3.86. The minimum atomic E-state index is -0.0570. The second-order valence-electron chi connectivity index (χ2n) is 4.56. The highest BCUT2D eigenvalue weighted by Gasteiger charge is 2.10. The fourth-order valence-corrected chi connectivity index (χ4v) is 1.62. The van der Waals surface area contributed by atoms with Gasteiger partial charge in [0.05, 0.1) is 0 Å². The van der Waals surface area contributed by atoms with Crippen molar-refractivity contribution in [3.63, 3.8) is 0 Å². The van der Waals surface area contributed by atoms with E-state index in [2.05, 4.69) is 25.2 Å². The Bertz CT molecular complexity index is 386. The molecule has 0 aliphatic rings. The van der Waals surface area contributed by atoms with E-state index in [4.69, 9.17) is 5.11 Å². The van der Waals surface area contributed by atoms with Crippen molar-refractivity contribution in [1.82, 2.24) is 5.32 Å². The molecule has 17 heavy (non-hydrogen) atoms. The lowest BCUT2D eigenvalue weighted by molar-refractivity contribution is 0.0950. The van der Waals surface area contributed by atoms with Crippen LogP contribution in [0, 0.1) is 6.92 Å². The van der Waals surface area contributed by atoms with Crippen LogP contribution in [0.25, 0.3) is 0 Å². The van der Waals surface area contributed by atoms with Crippen molar-refractivity contribution in [1.29, 1.82) is 0 Å². The van der Waals surface area contributed by atoms with Gasteiger partial charge in [-0.25, -0.2) is 0 Å². The summed E-state index contributed by atoms with van der Waals surface area (Å²) in [5.41, 5.74) is 2.88. The molecule has 0 bridgehead atoms. The summed E-state index contributed by atoms with van der Waals surface area (Å²) in [6.45, 7) is 6.77. The van der Waals surface area contributed by atoms with Gasteiger partial charge in [-0.3, -0.25) is 4.79 Å². The van der Waals surface area contributed by atoms with Gasteiger partial charge in [-0.05, 0) is 36.5 Å². The number of benzene rings is 1. The molecule has 1 amide bonds. The predicted octanol–water partition coefficient (Wildman–Crippen LogP) is 2.23. The van der Waals surface area contributed by atoms with Crippen LogP contribution in [0.5, 0.6) is 0 Å². The summed E-state index contributed by atoms with van der Waals surface area (Å²) in [6, 6.07) is 6.00. The van der Waals surface area contributed by atoms with Crippen LogP contribution >= 0.6 is 0 Å². The van der Waals surface area contributed by atoms with Crippen molar-refractivity contribution in [2.24, 2.45) is 0 Å². The molecule has 94 valence electrons. The molecule has 0 saturated heterocycles. The van der Waals surface area contributed by atoms with Crippen molar-refractivity contribution < 1.29 is 9.90 Å². The maximum atomic E-state index is 11.9. The van der Waals surface area contributed by atoms with Gasteiger partial charge in [0.1, 0.15) is 0 Å². The number of aryl methyl sites for hydroxylation is 1. The first kappa shape index (κ1) is 13.7. The summed E-state index contributed by atoms with van der Waals surface area (Å²) in [6.07, 6.45) is 0.592. The fourth-order valence-electron chi connectivity index (χ4n) is 1.62. The van der Waals surface area contributed by atoms with Crippen molar-refractivity contribution >= 4 is 5.91 Å². The molecule has 0 aliphatic carbocycles. The van der Waals surface area contributed by atoms with E-state index < -0.39 is 0 Å². The molecule has 0 aliphatic heterocycles. The van der Waals surface area contributed by atoms with Crippen LogP contribution in [-0.2, 0) is 0 Å². The Morgan fingerprint density at radius 3 is 2.71 bits per heavy atom. The first-order chi connectivity index (χ1) is 8.06. The molecule has 0 unspecified atom stereocenters. The fraction of sp³-hybridized carbons (Fsp3) is 0.500. The standard InChI is InChI=1S/C14H21NO2/c1-10(2)12-6-5-11(3)13(9-12)14(17)15-7-4-8-16/h5-6,9-10,16H,4,7-8H2,1-3H3,(H,15,17). The maximum absolute atomic E-state index is 11.9.